The van der Waals surface area contributed by atoms with Crippen LogP contribution in [0.1, 0.15) is 10.4 Å². The molecule has 178 valence electrons. The Morgan fingerprint density at radius 2 is 1.82 bits per heavy atom. The number of benzene rings is 2. The smallest absolute Gasteiger partial charge is 0.341 e. The van der Waals surface area contributed by atoms with Crippen molar-refractivity contribution in [1.29, 1.82) is 0 Å². The Hall–Kier alpha value is -3.22. The molecular weight excluding hydrogens is 459 g/mol. The highest BCUT2D eigenvalue weighted by Gasteiger charge is 2.28. The predicted octanol–water partition coefficient (Wildman–Crippen LogP) is 1.66. The van der Waals surface area contributed by atoms with E-state index >= 15 is 0 Å². The maximum Gasteiger partial charge on any atom is 0.341 e. The maximum absolute atomic E-state index is 14.2. The van der Waals surface area contributed by atoms with Crippen LogP contribution in [0.2, 0.25) is 0 Å². The number of rotatable bonds is 8. The summed E-state index contributed by atoms with van der Waals surface area (Å²) in [6, 6.07) is 7.52. The molecule has 2 aromatic rings. The summed E-state index contributed by atoms with van der Waals surface area (Å²) in [6.07, 6.45) is 0. The number of hydrogen-bond acceptors (Lipinski definition) is 8. The Bertz CT molecular complexity index is 1130. The molecule has 0 bridgehead atoms. The minimum absolute atomic E-state index is 0.147. The summed E-state index contributed by atoms with van der Waals surface area (Å²) >= 11 is 0. The number of hydrogen-bond donors (Lipinski definition) is 1. The molecule has 1 amide bonds. The number of carbonyl (C=O) groups is 2. The van der Waals surface area contributed by atoms with Gasteiger partial charge in [0, 0.05) is 19.2 Å². The summed E-state index contributed by atoms with van der Waals surface area (Å²) in [5.41, 5.74) is -0.289. The third-order valence-corrected chi connectivity index (χ3v) is 6.68. The van der Waals surface area contributed by atoms with Crippen molar-refractivity contribution in [3.8, 4) is 11.5 Å². The van der Waals surface area contributed by atoms with E-state index in [0.29, 0.717) is 17.2 Å². The average molecular weight is 482 g/mol. The van der Waals surface area contributed by atoms with Gasteiger partial charge in [-0.3, -0.25) is 4.79 Å². The summed E-state index contributed by atoms with van der Waals surface area (Å²) < 4.78 is 61.2. The second-order valence-electron chi connectivity index (χ2n) is 6.85. The molecule has 0 spiro atoms. The van der Waals surface area contributed by atoms with Gasteiger partial charge in [0.1, 0.15) is 17.3 Å². The van der Waals surface area contributed by atoms with Crippen molar-refractivity contribution in [1.82, 2.24) is 4.31 Å². The summed E-state index contributed by atoms with van der Waals surface area (Å²) in [5, 5.41) is 2.51. The van der Waals surface area contributed by atoms with Gasteiger partial charge in [0.05, 0.1) is 43.6 Å². The highest BCUT2D eigenvalue weighted by Crippen LogP contribution is 2.29. The molecule has 2 aromatic carbocycles. The third-order valence-electron chi connectivity index (χ3n) is 4.78. The van der Waals surface area contributed by atoms with Crippen LogP contribution in [0.4, 0.5) is 10.1 Å². The number of ether oxygens (including phenoxy) is 4. The Morgan fingerprint density at radius 3 is 2.48 bits per heavy atom. The van der Waals surface area contributed by atoms with Gasteiger partial charge >= 0.3 is 5.97 Å². The lowest BCUT2D eigenvalue weighted by Gasteiger charge is -2.26. The second kappa shape index (κ2) is 10.6. The van der Waals surface area contributed by atoms with Crippen molar-refractivity contribution in [2.75, 3.05) is 52.4 Å². The van der Waals surface area contributed by atoms with Gasteiger partial charge in [-0.1, -0.05) is 0 Å². The molecule has 1 aliphatic heterocycles. The van der Waals surface area contributed by atoms with Crippen LogP contribution in [0.5, 0.6) is 11.5 Å². The van der Waals surface area contributed by atoms with Crippen LogP contribution < -0.4 is 14.8 Å². The Kier molecular flexibility index (Phi) is 7.84. The molecule has 1 heterocycles. The highest BCUT2D eigenvalue weighted by atomic mass is 32.2. The lowest BCUT2D eigenvalue weighted by Crippen LogP contribution is -2.40. The second-order valence-corrected chi connectivity index (χ2v) is 8.79. The molecule has 33 heavy (non-hydrogen) atoms. The van der Waals surface area contributed by atoms with Crippen molar-refractivity contribution in [2.45, 2.75) is 4.90 Å². The van der Waals surface area contributed by atoms with Gasteiger partial charge in [0.25, 0.3) is 5.91 Å². The number of esters is 1. The molecule has 1 N–H and O–H groups in total. The van der Waals surface area contributed by atoms with E-state index in [1.807, 2.05) is 0 Å². The number of morpholine rings is 1. The number of sulfonamides is 1. The fourth-order valence-corrected chi connectivity index (χ4v) is 4.49. The largest absolute Gasteiger partial charge is 0.497 e. The molecule has 0 unspecified atom stereocenters. The van der Waals surface area contributed by atoms with Crippen molar-refractivity contribution in [2.24, 2.45) is 0 Å². The minimum atomic E-state index is -3.94. The van der Waals surface area contributed by atoms with Crippen LogP contribution in [0.25, 0.3) is 0 Å². The number of carbonyl (C=O) groups excluding carboxylic acids is 2. The standard InChI is InChI=1S/C21H23FN2O8S/c1-29-14-3-6-18(19(11-14)30-2)23-20(25)13-32-21(26)16-12-15(4-5-17(16)22)33(27,28)24-7-9-31-10-8-24/h3-6,11-12H,7-10,13H2,1-2H3,(H,23,25). The fraction of sp³-hybridized carbons (Fsp3) is 0.333. The molecule has 1 fully saturated rings. The number of methoxy groups -OCH3 is 2. The van der Waals surface area contributed by atoms with Crippen LogP contribution in [0, 0.1) is 5.82 Å². The van der Waals surface area contributed by atoms with Gasteiger partial charge in [-0.05, 0) is 30.3 Å². The van der Waals surface area contributed by atoms with E-state index in [2.05, 4.69) is 5.32 Å². The van der Waals surface area contributed by atoms with Gasteiger partial charge in [0.15, 0.2) is 6.61 Å². The number of nitrogens with one attached hydrogen (secondary N) is 1. The number of nitrogens with zero attached hydrogens (tertiary/aromatic N) is 1. The quantitative estimate of drug-likeness (QED) is 0.564. The first kappa shape index (κ1) is 24.4. The van der Waals surface area contributed by atoms with Crippen molar-refractivity contribution in [3.05, 3.63) is 47.8 Å². The van der Waals surface area contributed by atoms with E-state index in [9.17, 15) is 22.4 Å². The molecule has 0 aliphatic carbocycles. The van der Waals surface area contributed by atoms with Crippen LogP contribution in [-0.4, -0.2) is 71.7 Å². The molecule has 0 radical (unpaired) electrons. The van der Waals surface area contributed by atoms with E-state index in [1.54, 1.807) is 12.1 Å². The molecule has 1 aliphatic rings. The molecule has 1 saturated heterocycles. The van der Waals surface area contributed by atoms with Gasteiger partial charge in [-0.15, -0.1) is 0 Å². The maximum atomic E-state index is 14.2. The normalized spacial score (nSPS) is 14.4. The van der Waals surface area contributed by atoms with E-state index < -0.39 is 39.9 Å². The number of amides is 1. The van der Waals surface area contributed by atoms with Crippen LogP contribution in [0.15, 0.2) is 41.3 Å². The lowest BCUT2D eigenvalue weighted by atomic mass is 10.2. The summed E-state index contributed by atoms with van der Waals surface area (Å²) in [4.78, 5) is 24.3. The molecular formula is C21H23FN2O8S. The first-order chi connectivity index (χ1) is 15.8. The van der Waals surface area contributed by atoms with Gasteiger partial charge in [0.2, 0.25) is 10.0 Å². The van der Waals surface area contributed by atoms with E-state index in [-0.39, 0.29) is 31.2 Å². The molecule has 10 nitrogen and oxygen atoms in total. The fourth-order valence-electron chi connectivity index (χ4n) is 3.05. The van der Waals surface area contributed by atoms with Gasteiger partial charge in [-0.25, -0.2) is 17.6 Å². The third kappa shape index (κ3) is 5.78. The molecule has 12 heteroatoms. The Labute approximate surface area is 190 Å². The molecule has 0 atom stereocenters. The SMILES string of the molecule is COc1ccc(NC(=O)COC(=O)c2cc(S(=O)(=O)N3CCOCC3)ccc2F)c(OC)c1. The Morgan fingerprint density at radius 1 is 1.09 bits per heavy atom. The van der Waals surface area contributed by atoms with E-state index in [1.165, 1.54) is 24.6 Å². The van der Waals surface area contributed by atoms with Crippen molar-refractivity contribution >= 4 is 27.6 Å². The number of anilines is 1. The van der Waals surface area contributed by atoms with Crippen LogP contribution in [-0.2, 0) is 24.3 Å². The molecule has 0 saturated carbocycles. The molecule has 0 aromatic heterocycles. The van der Waals surface area contributed by atoms with Crippen LogP contribution >= 0.6 is 0 Å². The first-order valence-electron chi connectivity index (χ1n) is 9.82. The zero-order valence-electron chi connectivity index (χ0n) is 18.0. The first-order valence-corrected chi connectivity index (χ1v) is 11.3. The van der Waals surface area contributed by atoms with Crippen molar-refractivity contribution in [3.63, 3.8) is 0 Å². The lowest BCUT2D eigenvalue weighted by molar-refractivity contribution is -0.119. The number of halogens is 1. The Balaban J connectivity index is 1.68. The summed E-state index contributed by atoms with van der Waals surface area (Å²) in [6.45, 7) is 0.0453. The zero-order chi connectivity index (χ0) is 24.0. The van der Waals surface area contributed by atoms with E-state index in [4.69, 9.17) is 18.9 Å². The van der Waals surface area contributed by atoms with Crippen molar-refractivity contribution < 1.29 is 41.3 Å². The predicted molar refractivity (Wildman–Crippen MR) is 114 cm³/mol. The van der Waals surface area contributed by atoms with Crippen LogP contribution in [0.3, 0.4) is 0 Å². The monoisotopic (exact) mass is 482 g/mol. The zero-order valence-corrected chi connectivity index (χ0v) is 18.8. The topological polar surface area (TPSA) is 120 Å². The summed E-state index contributed by atoms with van der Waals surface area (Å²) in [7, 11) is -1.06. The minimum Gasteiger partial charge on any atom is -0.497 e. The van der Waals surface area contributed by atoms with Gasteiger partial charge < -0.3 is 24.3 Å². The van der Waals surface area contributed by atoms with Gasteiger partial charge in [-0.2, -0.15) is 4.31 Å². The average Bonchev–Trinajstić information content (AvgIpc) is 2.83. The summed E-state index contributed by atoms with van der Waals surface area (Å²) in [5.74, 6) is -2.02. The van der Waals surface area contributed by atoms with E-state index in [0.717, 1.165) is 18.2 Å². The highest BCUT2D eigenvalue weighted by molar-refractivity contribution is 7.89. The molecule has 3 rings (SSSR count).